The smallest absolute Gasteiger partial charge is 0.151 e. The molecule has 0 spiro atoms. The lowest BCUT2D eigenvalue weighted by atomic mass is 10.2. The molecule has 65 valence electrons. The van der Waals surface area contributed by atoms with E-state index in [0.717, 1.165) is 5.56 Å². The zero-order chi connectivity index (χ0) is 9.42. The van der Waals surface area contributed by atoms with Crippen molar-refractivity contribution in [2.45, 2.75) is 13.8 Å². The SMILES string of the molecule is Cc1cc(F)c2nc(C)[c]nc2c1. The molecule has 1 aromatic heterocycles. The third kappa shape index (κ3) is 1.37. The topological polar surface area (TPSA) is 25.8 Å². The Kier molecular flexibility index (Phi) is 1.72. The van der Waals surface area contributed by atoms with Crippen molar-refractivity contribution in [2.75, 3.05) is 0 Å². The number of rotatable bonds is 0. The van der Waals surface area contributed by atoms with Gasteiger partial charge in [0.25, 0.3) is 0 Å². The number of aromatic nitrogens is 2. The summed E-state index contributed by atoms with van der Waals surface area (Å²) >= 11 is 0. The van der Waals surface area contributed by atoms with Crippen molar-refractivity contribution in [2.24, 2.45) is 0 Å². The van der Waals surface area contributed by atoms with Gasteiger partial charge in [-0.3, -0.25) is 0 Å². The Morgan fingerprint density at radius 3 is 2.85 bits per heavy atom. The number of halogens is 1. The molecule has 0 amide bonds. The van der Waals surface area contributed by atoms with Gasteiger partial charge in [-0.25, -0.2) is 14.4 Å². The predicted octanol–water partition coefficient (Wildman–Crippen LogP) is 2.19. The summed E-state index contributed by atoms with van der Waals surface area (Å²) in [5.74, 6) is -0.320. The Bertz CT molecular complexity index is 466. The van der Waals surface area contributed by atoms with E-state index >= 15 is 0 Å². The van der Waals surface area contributed by atoms with Crippen LogP contribution in [-0.4, -0.2) is 9.97 Å². The molecule has 2 nitrogen and oxygen atoms in total. The second kappa shape index (κ2) is 2.76. The molecule has 0 N–H and O–H groups in total. The van der Waals surface area contributed by atoms with Gasteiger partial charge in [-0.15, -0.1) is 0 Å². The fourth-order valence-electron chi connectivity index (χ4n) is 1.25. The van der Waals surface area contributed by atoms with Crippen molar-refractivity contribution >= 4 is 11.0 Å². The highest BCUT2D eigenvalue weighted by molar-refractivity contribution is 5.75. The summed E-state index contributed by atoms with van der Waals surface area (Å²) in [4.78, 5) is 8.00. The van der Waals surface area contributed by atoms with Crippen LogP contribution in [0.4, 0.5) is 4.39 Å². The molecule has 1 aromatic carbocycles. The summed E-state index contributed by atoms with van der Waals surface area (Å²) in [6, 6.07) is 3.25. The van der Waals surface area contributed by atoms with Crippen molar-refractivity contribution in [3.8, 4) is 0 Å². The molecule has 13 heavy (non-hydrogen) atoms. The molecule has 1 radical (unpaired) electrons. The molecule has 0 fully saturated rings. The van der Waals surface area contributed by atoms with E-state index in [1.54, 1.807) is 13.0 Å². The average Bonchev–Trinajstić information content (AvgIpc) is 2.06. The molecule has 0 atom stereocenters. The van der Waals surface area contributed by atoms with Crippen LogP contribution in [0, 0.1) is 25.9 Å². The van der Waals surface area contributed by atoms with Gasteiger partial charge in [0.15, 0.2) is 5.82 Å². The highest BCUT2D eigenvalue weighted by Gasteiger charge is 2.04. The van der Waals surface area contributed by atoms with Crippen LogP contribution in [0.3, 0.4) is 0 Å². The number of hydrogen-bond donors (Lipinski definition) is 0. The van der Waals surface area contributed by atoms with Crippen LogP contribution in [0.2, 0.25) is 0 Å². The number of fused-ring (bicyclic) bond motifs is 1. The minimum Gasteiger partial charge on any atom is -0.246 e. The van der Waals surface area contributed by atoms with Crippen LogP contribution in [-0.2, 0) is 0 Å². The van der Waals surface area contributed by atoms with Gasteiger partial charge in [0.05, 0.1) is 11.2 Å². The van der Waals surface area contributed by atoms with Gasteiger partial charge < -0.3 is 0 Å². The van der Waals surface area contributed by atoms with Gasteiger partial charge in [-0.2, -0.15) is 0 Å². The molecule has 0 saturated carbocycles. The zero-order valence-electron chi connectivity index (χ0n) is 7.43. The first-order valence-corrected chi connectivity index (χ1v) is 3.99. The van der Waals surface area contributed by atoms with E-state index in [9.17, 15) is 4.39 Å². The van der Waals surface area contributed by atoms with Gasteiger partial charge in [0.1, 0.15) is 11.7 Å². The number of nitrogens with zero attached hydrogens (tertiary/aromatic N) is 2. The summed E-state index contributed by atoms with van der Waals surface area (Å²) in [5.41, 5.74) is 2.33. The van der Waals surface area contributed by atoms with Gasteiger partial charge in [0.2, 0.25) is 0 Å². The first-order chi connectivity index (χ1) is 6.16. The largest absolute Gasteiger partial charge is 0.246 e. The Labute approximate surface area is 75.4 Å². The summed E-state index contributed by atoms with van der Waals surface area (Å²) in [6.45, 7) is 3.57. The number of aryl methyl sites for hydroxylation is 2. The third-order valence-corrected chi connectivity index (χ3v) is 1.81. The maximum Gasteiger partial charge on any atom is 0.151 e. The Morgan fingerprint density at radius 2 is 2.08 bits per heavy atom. The van der Waals surface area contributed by atoms with Crippen molar-refractivity contribution in [3.05, 3.63) is 35.4 Å². The van der Waals surface area contributed by atoms with Crippen molar-refractivity contribution in [3.63, 3.8) is 0 Å². The van der Waals surface area contributed by atoms with Crippen LogP contribution in [0.15, 0.2) is 12.1 Å². The quantitative estimate of drug-likeness (QED) is 0.613. The zero-order valence-corrected chi connectivity index (χ0v) is 7.43. The van der Waals surface area contributed by atoms with Crippen LogP contribution in [0.25, 0.3) is 11.0 Å². The number of hydrogen-bond acceptors (Lipinski definition) is 2. The molecule has 0 aliphatic rings. The molecule has 1 heterocycles. The molecule has 3 heteroatoms. The first kappa shape index (κ1) is 8.10. The second-order valence-electron chi connectivity index (χ2n) is 3.04. The lowest BCUT2D eigenvalue weighted by Gasteiger charge is -2.00. The average molecular weight is 175 g/mol. The van der Waals surface area contributed by atoms with Gasteiger partial charge >= 0.3 is 0 Å². The Hall–Kier alpha value is -1.51. The standard InChI is InChI=1S/C10H8FN2/c1-6-3-8(11)10-9(4-6)12-5-7(2)13-10/h3-4H,1-2H3. The molecule has 0 unspecified atom stereocenters. The lowest BCUT2D eigenvalue weighted by molar-refractivity contribution is 0.635. The van der Waals surface area contributed by atoms with E-state index in [-0.39, 0.29) is 5.82 Å². The Morgan fingerprint density at radius 1 is 1.31 bits per heavy atom. The van der Waals surface area contributed by atoms with E-state index in [2.05, 4.69) is 16.2 Å². The molecule has 0 bridgehead atoms. The minimum absolute atomic E-state index is 0.320. The first-order valence-electron chi connectivity index (χ1n) is 3.99. The van der Waals surface area contributed by atoms with Crippen LogP contribution >= 0.6 is 0 Å². The van der Waals surface area contributed by atoms with Crippen molar-refractivity contribution in [1.82, 2.24) is 9.97 Å². The van der Waals surface area contributed by atoms with Gasteiger partial charge in [-0.05, 0) is 31.5 Å². The number of benzene rings is 1. The molecule has 2 rings (SSSR count). The molecule has 0 aliphatic carbocycles. The molecule has 0 saturated heterocycles. The summed E-state index contributed by atoms with van der Waals surface area (Å²) in [5, 5.41) is 0. The minimum atomic E-state index is -0.320. The van der Waals surface area contributed by atoms with Crippen LogP contribution in [0.1, 0.15) is 11.3 Å². The van der Waals surface area contributed by atoms with Gasteiger partial charge in [0, 0.05) is 0 Å². The summed E-state index contributed by atoms with van der Waals surface area (Å²) in [7, 11) is 0. The highest BCUT2D eigenvalue weighted by Crippen LogP contribution is 2.15. The van der Waals surface area contributed by atoms with E-state index in [1.807, 2.05) is 6.92 Å². The highest BCUT2D eigenvalue weighted by atomic mass is 19.1. The lowest BCUT2D eigenvalue weighted by Crippen LogP contribution is -1.91. The van der Waals surface area contributed by atoms with Crippen molar-refractivity contribution < 1.29 is 4.39 Å². The third-order valence-electron chi connectivity index (χ3n) is 1.81. The van der Waals surface area contributed by atoms with Crippen molar-refractivity contribution in [1.29, 1.82) is 0 Å². The summed E-state index contributed by atoms with van der Waals surface area (Å²) < 4.78 is 13.3. The maximum absolute atomic E-state index is 13.3. The fraction of sp³-hybridized carbons (Fsp3) is 0.200. The van der Waals surface area contributed by atoms with E-state index in [0.29, 0.717) is 16.7 Å². The van der Waals surface area contributed by atoms with E-state index < -0.39 is 0 Å². The summed E-state index contributed by atoms with van der Waals surface area (Å²) in [6.07, 6.45) is 2.70. The van der Waals surface area contributed by atoms with E-state index in [1.165, 1.54) is 6.07 Å². The maximum atomic E-state index is 13.3. The molecular formula is C10H8FN2. The van der Waals surface area contributed by atoms with Crippen LogP contribution in [0.5, 0.6) is 0 Å². The molecule has 0 aliphatic heterocycles. The molecular weight excluding hydrogens is 167 g/mol. The molecule has 2 aromatic rings. The van der Waals surface area contributed by atoms with E-state index in [4.69, 9.17) is 0 Å². The second-order valence-corrected chi connectivity index (χ2v) is 3.04. The fourth-order valence-corrected chi connectivity index (χ4v) is 1.25. The normalized spacial score (nSPS) is 10.7. The Balaban J connectivity index is 2.87. The predicted molar refractivity (Wildman–Crippen MR) is 47.8 cm³/mol. The monoisotopic (exact) mass is 175 g/mol. The van der Waals surface area contributed by atoms with Gasteiger partial charge in [-0.1, -0.05) is 0 Å². The van der Waals surface area contributed by atoms with Crippen LogP contribution < -0.4 is 0 Å².